The normalized spacial score (nSPS) is 10.5. The van der Waals surface area contributed by atoms with Gasteiger partial charge in [0.1, 0.15) is 0 Å². The predicted molar refractivity (Wildman–Crippen MR) is 57.6 cm³/mol. The SMILES string of the molecule is CC(C)SCc1ccncc1C(=O)O. The number of pyridine rings is 1. The van der Waals surface area contributed by atoms with E-state index in [1.54, 1.807) is 24.0 Å². The van der Waals surface area contributed by atoms with Gasteiger partial charge >= 0.3 is 5.97 Å². The molecule has 1 aromatic heterocycles. The molecule has 0 radical (unpaired) electrons. The van der Waals surface area contributed by atoms with Gasteiger partial charge < -0.3 is 5.11 Å². The highest BCUT2D eigenvalue weighted by atomic mass is 32.2. The monoisotopic (exact) mass is 211 g/mol. The van der Waals surface area contributed by atoms with Crippen molar-refractivity contribution in [1.29, 1.82) is 0 Å². The van der Waals surface area contributed by atoms with E-state index in [1.807, 2.05) is 0 Å². The summed E-state index contributed by atoms with van der Waals surface area (Å²) in [5.41, 5.74) is 1.15. The van der Waals surface area contributed by atoms with E-state index >= 15 is 0 Å². The smallest absolute Gasteiger partial charge is 0.337 e. The fourth-order valence-electron chi connectivity index (χ4n) is 0.998. The van der Waals surface area contributed by atoms with Gasteiger partial charge in [0.2, 0.25) is 0 Å². The lowest BCUT2D eigenvalue weighted by Gasteiger charge is -2.06. The van der Waals surface area contributed by atoms with Gasteiger partial charge in [-0.3, -0.25) is 4.98 Å². The zero-order valence-electron chi connectivity index (χ0n) is 8.23. The Bertz CT molecular complexity index is 326. The molecule has 0 aliphatic heterocycles. The number of carbonyl (C=O) groups is 1. The first-order chi connectivity index (χ1) is 6.61. The fourth-order valence-corrected chi connectivity index (χ4v) is 1.76. The van der Waals surface area contributed by atoms with Crippen molar-refractivity contribution in [1.82, 2.24) is 4.98 Å². The van der Waals surface area contributed by atoms with E-state index in [0.29, 0.717) is 10.8 Å². The van der Waals surface area contributed by atoms with Crippen molar-refractivity contribution in [2.75, 3.05) is 0 Å². The fraction of sp³-hybridized carbons (Fsp3) is 0.400. The number of rotatable bonds is 4. The molecule has 76 valence electrons. The second-order valence-corrected chi connectivity index (χ2v) is 4.76. The van der Waals surface area contributed by atoms with Crippen LogP contribution in [0.2, 0.25) is 0 Å². The Morgan fingerprint density at radius 3 is 2.93 bits per heavy atom. The lowest BCUT2D eigenvalue weighted by Crippen LogP contribution is -2.03. The van der Waals surface area contributed by atoms with Crippen LogP contribution in [-0.4, -0.2) is 21.3 Å². The second kappa shape index (κ2) is 5.00. The van der Waals surface area contributed by atoms with Crippen LogP contribution in [0.3, 0.4) is 0 Å². The van der Waals surface area contributed by atoms with Gasteiger partial charge in [-0.1, -0.05) is 13.8 Å². The van der Waals surface area contributed by atoms with E-state index in [2.05, 4.69) is 18.8 Å². The summed E-state index contributed by atoms with van der Waals surface area (Å²) >= 11 is 1.72. The Balaban J connectivity index is 2.79. The van der Waals surface area contributed by atoms with Crippen molar-refractivity contribution < 1.29 is 9.90 Å². The van der Waals surface area contributed by atoms with Gasteiger partial charge in [-0.25, -0.2) is 4.79 Å². The van der Waals surface area contributed by atoms with Crippen LogP contribution in [0.25, 0.3) is 0 Å². The summed E-state index contributed by atoms with van der Waals surface area (Å²) in [6.07, 6.45) is 3.03. The molecule has 0 saturated heterocycles. The van der Waals surface area contributed by atoms with Crippen molar-refractivity contribution in [3.63, 3.8) is 0 Å². The molecular weight excluding hydrogens is 198 g/mol. The van der Waals surface area contributed by atoms with Crippen molar-refractivity contribution in [3.8, 4) is 0 Å². The lowest BCUT2D eigenvalue weighted by molar-refractivity contribution is 0.0695. The van der Waals surface area contributed by atoms with Crippen LogP contribution in [0.1, 0.15) is 29.8 Å². The van der Waals surface area contributed by atoms with Crippen LogP contribution in [-0.2, 0) is 5.75 Å². The number of hydrogen-bond donors (Lipinski definition) is 1. The molecule has 0 aliphatic carbocycles. The molecule has 14 heavy (non-hydrogen) atoms. The highest BCUT2D eigenvalue weighted by Gasteiger charge is 2.09. The molecule has 0 spiro atoms. The Kier molecular flexibility index (Phi) is 3.95. The summed E-state index contributed by atoms with van der Waals surface area (Å²) in [5, 5.41) is 9.39. The summed E-state index contributed by atoms with van der Waals surface area (Å²) in [5.74, 6) is -0.181. The standard InChI is InChI=1S/C10H13NO2S/c1-7(2)14-6-8-3-4-11-5-9(8)10(12)13/h3-5,7H,6H2,1-2H3,(H,12,13). The number of nitrogens with zero attached hydrogens (tertiary/aromatic N) is 1. The molecule has 1 rings (SSSR count). The van der Waals surface area contributed by atoms with Gasteiger partial charge in [0.15, 0.2) is 0 Å². The topological polar surface area (TPSA) is 50.2 Å². The summed E-state index contributed by atoms with van der Waals surface area (Å²) < 4.78 is 0. The van der Waals surface area contributed by atoms with Crippen molar-refractivity contribution in [2.24, 2.45) is 0 Å². The Hall–Kier alpha value is -1.03. The minimum atomic E-state index is -0.905. The van der Waals surface area contributed by atoms with E-state index in [0.717, 1.165) is 11.3 Å². The minimum Gasteiger partial charge on any atom is -0.478 e. The maximum Gasteiger partial charge on any atom is 0.337 e. The molecule has 0 fully saturated rings. The van der Waals surface area contributed by atoms with Crippen LogP contribution in [0, 0.1) is 0 Å². The predicted octanol–water partition coefficient (Wildman–Crippen LogP) is 2.42. The summed E-state index contributed by atoms with van der Waals surface area (Å²) in [6, 6.07) is 1.76. The Morgan fingerprint density at radius 2 is 2.36 bits per heavy atom. The third-order valence-corrected chi connectivity index (χ3v) is 2.86. The number of aromatic nitrogens is 1. The van der Waals surface area contributed by atoms with Gasteiger partial charge in [-0.2, -0.15) is 11.8 Å². The first kappa shape index (κ1) is 11.0. The quantitative estimate of drug-likeness (QED) is 0.831. The molecule has 0 atom stereocenters. The first-order valence-electron chi connectivity index (χ1n) is 4.39. The molecule has 0 aromatic carbocycles. The van der Waals surface area contributed by atoms with Crippen LogP contribution in [0.4, 0.5) is 0 Å². The third kappa shape index (κ3) is 3.03. The maximum atomic E-state index is 10.8. The molecule has 0 bridgehead atoms. The minimum absolute atomic E-state index is 0.306. The second-order valence-electron chi connectivity index (χ2n) is 3.20. The van der Waals surface area contributed by atoms with Crippen molar-refractivity contribution in [3.05, 3.63) is 29.6 Å². The van der Waals surface area contributed by atoms with Gasteiger partial charge in [0.05, 0.1) is 5.56 Å². The van der Waals surface area contributed by atoms with Crippen LogP contribution in [0.15, 0.2) is 18.5 Å². The van der Waals surface area contributed by atoms with Gasteiger partial charge in [0, 0.05) is 18.1 Å². The zero-order valence-corrected chi connectivity index (χ0v) is 9.04. The summed E-state index contributed by atoms with van der Waals surface area (Å²) in [6.45, 7) is 4.18. The number of carboxylic acid groups (broad SMARTS) is 1. The largest absolute Gasteiger partial charge is 0.478 e. The lowest BCUT2D eigenvalue weighted by atomic mass is 10.2. The molecular formula is C10H13NO2S. The highest BCUT2D eigenvalue weighted by molar-refractivity contribution is 7.99. The van der Waals surface area contributed by atoms with E-state index in [1.165, 1.54) is 6.20 Å². The maximum absolute atomic E-state index is 10.8. The van der Waals surface area contributed by atoms with Crippen molar-refractivity contribution in [2.45, 2.75) is 24.9 Å². The molecule has 1 aromatic rings. The molecule has 0 saturated carbocycles. The van der Waals surface area contributed by atoms with E-state index in [-0.39, 0.29) is 0 Å². The number of hydrogen-bond acceptors (Lipinski definition) is 3. The first-order valence-corrected chi connectivity index (χ1v) is 5.44. The van der Waals surface area contributed by atoms with Crippen molar-refractivity contribution >= 4 is 17.7 Å². The average molecular weight is 211 g/mol. The highest BCUT2D eigenvalue weighted by Crippen LogP contribution is 2.19. The molecule has 0 amide bonds. The number of carboxylic acids is 1. The van der Waals surface area contributed by atoms with Crippen LogP contribution < -0.4 is 0 Å². The molecule has 0 unspecified atom stereocenters. The molecule has 3 nitrogen and oxygen atoms in total. The zero-order chi connectivity index (χ0) is 10.6. The van der Waals surface area contributed by atoms with E-state index < -0.39 is 5.97 Å². The summed E-state index contributed by atoms with van der Waals surface area (Å²) in [7, 11) is 0. The molecule has 1 heterocycles. The van der Waals surface area contributed by atoms with Crippen LogP contribution >= 0.6 is 11.8 Å². The molecule has 1 N–H and O–H groups in total. The Morgan fingerprint density at radius 1 is 1.64 bits per heavy atom. The average Bonchev–Trinajstić information content (AvgIpc) is 2.15. The summed E-state index contributed by atoms with van der Waals surface area (Å²) in [4.78, 5) is 14.6. The Labute approximate surface area is 87.6 Å². The van der Waals surface area contributed by atoms with E-state index in [9.17, 15) is 4.79 Å². The van der Waals surface area contributed by atoms with Gasteiger partial charge in [0.25, 0.3) is 0 Å². The van der Waals surface area contributed by atoms with Gasteiger partial charge in [-0.15, -0.1) is 0 Å². The van der Waals surface area contributed by atoms with Gasteiger partial charge in [-0.05, 0) is 16.9 Å². The molecule has 0 aliphatic rings. The van der Waals surface area contributed by atoms with E-state index in [4.69, 9.17) is 5.11 Å². The molecule has 4 heteroatoms. The number of thioether (sulfide) groups is 1. The number of aromatic carboxylic acids is 1. The third-order valence-electron chi connectivity index (χ3n) is 1.71. The van der Waals surface area contributed by atoms with Crippen LogP contribution in [0.5, 0.6) is 0 Å².